The average molecular weight is 838 g/mol. The zero-order valence-electron chi connectivity index (χ0n) is 33.8. The predicted molar refractivity (Wildman–Crippen MR) is 203 cm³/mol. The topological polar surface area (TPSA) is 281 Å². The standard InChI is InChI=1S/C42H47NO17/c1-16-8-20-11-26(46)42(58-7)37(51)28-22(36(50)41(42,54)30(20)32(48)27(16)39(52)57-6)12-23-29(31(28)47)24(45)13-25(40(23,53)14-19-10-21(59-15-19)9-17(2)44)43-38-35(56-5)33(49)34(55-4)18(3)60-38/h8,10,12-13,15,17-18,26,33-35,38,43-44,46-49,53-54H,9,11,14H2,1-7H3/t17?,18-,26+,33+,34-,35+,38-,40?,41-,42+/m0/s1. The average Bonchev–Trinajstić information content (AvgIpc) is 3.61. The summed E-state index contributed by atoms with van der Waals surface area (Å²) >= 11 is 0. The van der Waals surface area contributed by atoms with Crippen molar-refractivity contribution in [3.8, 4) is 11.5 Å². The van der Waals surface area contributed by atoms with E-state index in [0.717, 1.165) is 26.4 Å². The molecule has 7 rings (SSSR count). The number of fused-ring (bicyclic) bond motifs is 5. The van der Waals surface area contributed by atoms with E-state index in [1.165, 1.54) is 39.5 Å². The molecule has 0 bridgehead atoms. The van der Waals surface area contributed by atoms with Crippen molar-refractivity contribution in [2.45, 2.75) is 99.7 Å². The fourth-order valence-corrected chi connectivity index (χ4v) is 9.51. The first kappa shape index (κ1) is 43.1. The molecule has 322 valence electrons. The normalized spacial score (nSPS) is 31.4. The minimum atomic E-state index is -3.29. The van der Waals surface area contributed by atoms with Gasteiger partial charge in [-0.2, -0.15) is 0 Å². The molecule has 60 heavy (non-hydrogen) atoms. The number of carbonyl (C=O) groups is 4. The van der Waals surface area contributed by atoms with Crippen molar-refractivity contribution in [3.05, 3.63) is 92.1 Å². The summed E-state index contributed by atoms with van der Waals surface area (Å²) in [5, 5.41) is 85.4. The lowest BCUT2D eigenvalue weighted by molar-refractivity contribution is -0.237. The number of aliphatic hydroxyl groups excluding tert-OH is 3. The summed E-state index contributed by atoms with van der Waals surface area (Å²) in [6.07, 6.45) is -6.64. The molecule has 18 heteroatoms. The molecule has 4 aliphatic rings. The number of Topliss-reactive ketones (excluding diaryl/α,β-unsaturated/α-hetero) is 2. The van der Waals surface area contributed by atoms with E-state index in [1.807, 2.05) is 0 Å². The summed E-state index contributed by atoms with van der Waals surface area (Å²) in [6, 6.07) is 3.82. The maximum absolute atomic E-state index is 15.1. The Morgan fingerprint density at radius 1 is 0.983 bits per heavy atom. The minimum Gasteiger partial charge on any atom is -0.507 e. The van der Waals surface area contributed by atoms with E-state index in [0.29, 0.717) is 11.3 Å². The predicted octanol–water partition coefficient (Wildman–Crippen LogP) is 0.514. The summed E-state index contributed by atoms with van der Waals surface area (Å²) < 4.78 is 33.2. The fraction of sp³-hybridized carbons (Fsp3) is 0.476. The Kier molecular flexibility index (Phi) is 10.9. The smallest absolute Gasteiger partial charge is 0.341 e. The summed E-state index contributed by atoms with van der Waals surface area (Å²) in [5.41, 5.74) is -12.2. The molecule has 0 amide bonds. The fourth-order valence-electron chi connectivity index (χ4n) is 9.51. The molecule has 0 saturated carbocycles. The molecule has 1 aliphatic heterocycles. The van der Waals surface area contributed by atoms with Crippen LogP contribution >= 0.6 is 0 Å². The Morgan fingerprint density at radius 3 is 2.28 bits per heavy atom. The number of aryl methyl sites for hydroxylation is 1. The molecule has 18 nitrogen and oxygen atoms in total. The van der Waals surface area contributed by atoms with Crippen molar-refractivity contribution in [1.29, 1.82) is 0 Å². The van der Waals surface area contributed by atoms with Crippen LogP contribution < -0.4 is 5.32 Å². The summed E-state index contributed by atoms with van der Waals surface area (Å²) in [7, 11) is 4.65. The van der Waals surface area contributed by atoms with Gasteiger partial charge in [0.25, 0.3) is 0 Å². The van der Waals surface area contributed by atoms with Crippen molar-refractivity contribution in [2.24, 2.45) is 0 Å². The number of esters is 1. The molecule has 2 unspecified atom stereocenters. The van der Waals surface area contributed by atoms with Gasteiger partial charge in [0.2, 0.25) is 11.6 Å². The van der Waals surface area contributed by atoms with E-state index in [4.69, 9.17) is 28.1 Å². The van der Waals surface area contributed by atoms with Crippen molar-refractivity contribution in [2.75, 3.05) is 28.4 Å². The Morgan fingerprint density at radius 2 is 1.67 bits per heavy atom. The number of hydrogen-bond donors (Lipinski definition) is 8. The summed E-state index contributed by atoms with van der Waals surface area (Å²) in [4.78, 5) is 57.1. The van der Waals surface area contributed by atoms with Gasteiger partial charge in [-0.3, -0.25) is 14.4 Å². The van der Waals surface area contributed by atoms with Gasteiger partial charge in [0.1, 0.15) is 46.7 Å². The molecule has 1 aromatic heterocycles. The Bertz CT molecular complexity index is 2330. The van der Waals surface area contributed by atoms with E-state index in [1.54, 1.807) is 13.8 Å². The molecule has 3 aromatic rings. The first-order valence-electron chi connectivity index (χ1n) is 19.1. The van der Waals surface area contributed by atoms with Crippen LogP contribution in [0.4, 0.5) is 0 Å². The molecular formula is C42H47NO17. The number of methoxy groups -OCH3 is 4. The Labute approximate surface area is 342 Å². The zero-order chi connectivity index (χ0) is 44.0. The number of ether oxygens (including phenoxy) is 5. The van der Waals surface area contributed by atoms with Crippen LogP contribution in [0.1, 0.15) is 88.9 Å². The number of benzene rings is 2. The van der Waals surface area contributed by atoms with E-state index in [9.17, 15) is 50.1 Å². The van der Waals surface area contributed by atoms with Gasteiger partial charge in [-0.25, -0.2) is 4.79 Å². The van der Waals surface area contributed by atoms with Crippen LogP contribution in [0, 0.1) is 6.92 Å². The van der Waals surface area contributed by atoms with E-state index < -0.39 is 141 Å². The Balaban J connectivity index is 1.46. The number of hydrogen-bond acceptors (Lipinski definition) is 18. The number of ketones is 3. The first-order valence-corrected chi connectivity index (χ1v) is 19.1. The second-order valence-corrected chi connectivity index (χ2v) is 15.8. The largest absolute Gasteiger partial charge is 0.507 e. The number of carbonyl (C=O) groups excluding carboxylic acids is 4. The van der Waals surface area contributed by atoms with Crippen LogP contribution in [-0.4, -0.2) is 136 Å². The van der Waals surface area contributed by atoms with Gasteiger partial charge in [-0.05, 0) is 49.6 Å². The number of rotatable bonds is 10. The monoisotopic (exact) mass is 837 g/mol. The van der Waals surface area contributed by atoms with Gasteiger partial charge < -0.3 is 69.2 Å². The molecule has 8 N–H and O–H groups in total. The van der Waals surface area contributed by atoms with Crippen molar-refractivity contribution >= 4 is 23.3 Å². The van der Waals surface area contributed by atoms with Gasteiger partial charge in [-0.15, -0.1) is 0 Å². The number of phenols is 2. The highest BCUT2D eigenvalue weighted by Crippen LogP contribution is 2.57. The second-order valence-electron chi connectivity index (χ2n) is 15.8. The summed E-state index contributed by atoms with van der Waals surface area (Å²) in [5.74, 6) is -6.46. The highest BCUT2D eigenvalue weighted by atomic mass is 16.6. The van der Waals surface area contributed by atoms with Crippen LogP contribution in [0.15, 0.2) is 40.7 Å². The van der Waals surface area contributed by atoms with Crippen LogP contribution in [-0.2, 0) is 54.1 Å². The lowest BCUT2D eigenvalue weighted by atomic mass is 9.56. The van der Waals surface area contributed by atoms with Crippen LogP contribution in [0.25, 0.3) is 0 Å². The number of aromatic hydroxyl groups is 2. The number of nitrogens with one attached hydrogen (secondary N) is 1. The summed E-state index contributed by atoms with van der Waals surface area (Å²) in [6.45, 7) is 4.62. The second kappa shape index (κ2) is 15.2. The Hall–Kier alpha value is -5.02. The maximum atomic E-state index is 15.1. The maximum Gasteiger partial charge on any atom is 0.341 e. The molecule has 0 spiro atoms. The SMILES string of the molecule is COC(=O)c1c(C)cc2c(c1O)[C@]1(O)C(=O)c3cc4c(c(O)c3C(=O)[C@]1(OC)[C@H](O)C2)C(=O)C=C(N[C@H]1O[C@@H](C)[C@H](OC)[C@@H](O)[C@H]1OC)C4(O)Cc1coc(CC(C)O)c1. The number of phenolic OH excluding ortho intramolecular Hbond substituents is 2. The van der Waals surface area contributed by atoms with Gasteiger partial charge >= 0.3 is 5.97 Å². The van der Waals surface area contributed by atoms with E-state index >= 15 is 4.79 Å². The van der Waals surface area contributed by atoms with E-state index in [-0.39, 0.29) is 23.2 Å². The first-order chi connectivity index (χ1) is 28.3. The molecule has 1 saturated heterocycles. The number of allylic oxidation sites excluding steroid dienone is 1. The molecule has 3 aliphatic carbocycles. The number of aliphatic hydroxyl groups is 5. The minimum absolute atomic E-state index is 0.0199. The lowest BCUT2D eigenvalue weighted by Gasteiger charge is -2.53. The molecule has 1 fully saturated rings. The number of furan rings is 1. The highest BCUT2D eigenvalue weighted by Gasteiger charge is 2.73. The molecule has 10 atom stereocenters. The zero-order valence-corrected chi connectivity index (χ0v) is 33.8. The molecular weight excluding hydrogens is 790 g/mol. The van der Waals surface area contributed by atoms with Crippen molar-refractivity contribution < 1.29 is 83.0 Å². The van der Waals surface area contributed by atoms with Gasteiger partial charge in [0, 0.05) is 63.4 Å². The molecule has 2 heterocycles. The van der Waals surface area contributed by atoms with Gasteiger partial charge in [-0.1, -0.05) is 6.07 Å². The van der Waals surface area contributed by atoms with Crippen LogP contribution in [0.3, 0.4) is 0 Å². The van der Waals surface area contributed by atoms with Gasteiger partial charge in [0.15, 0.2) is 23.2 Å². The highest BCUT2D eigenvalue weighted by molar-refractivity contribution is 6.26. The molecule has 0 radical (unpaired) electrons. The van der Waals surface area contributed by atoms with Crippen LogP contribution in [0.5, 0.6) is 11.5 Å². The van der Waals surface area contributed by atoms with Crippen LogP contribution in [0.2, 0.25) is 0 Å². The van der Waals surface area contributed by atoms with Gasteiger partial charge in [0.05, 0.1) is 48.5 Å². The molecule has 2 aromatic carbocycles. The van der Waals surface area contributed by atoms with E-state index in [2.05, 4.69) is 5.32 Å². The van der Waals surface area contributed by atoms with Crippen molar-refractivity contribution in [1.82, 2.24) is 5.32 Å². The lowest BCUT2D eigenvalue weighted by Crippen LogP contribution is -2.73. The third-order valence-electron chi connectivity index (χ3n) is 12.2. The third kappa shape index (κ3) is 5.96. The quantitative estimate of drug-likeness (QED) is 0.129. The third-order valence-corrected chi connectivity index (χ3v) is 12.2. The van der Waals surface area contributed by atoms with Crippen molar-refractivity contribution in [3.63, 3.8) is 0 Å².